The topological polar surface area (TPSA) is 29.1 Å². The number of nitrogens with one attached hydrogen (secondary N) is 1. The van der Waals surface area contributed by atoms with E-state index < -0.39 is 0 Å². The highest BCUT2D eigenvalue weighted by Gasteiger charge is 2.10. The van der Waals surface area contributed by atoms with Gasteiger partial charge >= 0.3 is 0 Å². The van der Waals surface area contributed by atoms with Gasteiger partial charge in [0.15, 0.2) is 0 Å². The highest BCUT2D eigenvalue weighted by molar-refractivity contribution is 6.17. The summed E-state index contributed by atoms with van der Waals surface area (Å²) in [5.41, 5.74) is 2.49. The van der Waals surface area contributed by atoms with Crippen molar-refractivity contribution in [2.24, 2.45) is 0 Å². The molecule has 2 rings (SSSR count). The molecular weight excluding hydrogens is 289 g/mol. The molecule has 0 aliphatic rings. The van der Waals surface area contributed by atoms with Crippen LogP contribution in [0, 0.1) is 5.82 Å². The highest BCUT2D eigenvalue weighted by Crippen LogP contribution is 2.09. The van der Waals surface area contributed by atoms with Gasteiger partial charge in [0.05, 0.1) is 0 Å². The monoisotopic (exact) mass is 305 g/mol. The third-order valence-corrected chi connectivity index (χ3v) is 3.48. The molecule has 1 N–H and O–H groups in total. The third kappa shape index (κ3) is 4.57. The minimum atomic E-state index is -0.256. The maximum Gasteiger partial charge on any atom is 0.251 e. The number of carbonyl (C=O) groups is 1. The molecule has 1 unspecified atom stereocenters. The van der Waals surface area contributed by atoms with E-state index in [1.807, 2.05) is 19.1 Å². The molecule has 0 saturated carbocycles. The average molecular weight is 306 g/mol. The molecule has 110 valence electrons. The summed E-state index contributed by atoms with van der Waals surface area (Å²) in [6.07, 6.45) is 0.654. The molecule has 2 aromatic carbocycles. The van der Waals surface area contributed by atoms with E-state index >= 15 is 0 Å². The summed E-state index contributed by atoms with van der Waals surface area (Å²) in [7, 11) is 0. The van der Waals surface area contributed by atoms with E-state index in [1.54, 1.807) is 24.3 Å². The minimum Gasteiger partial charge on any atom is -0.349 e. The van der Waals surface area contributed by atoms with E-state index in [0.717, 1.165) is 11.1 Å². The van der Waals surface area contributed by atoms with Crippen LogP contribution in [0.4, 0.5) is 4.39 Å². The van der Waals surface area contributed by atoms with Gasteiger partial charge < -0.3 is 5.32 Å². The Bertz CT molecular complexity index is 612. The predicted octanol–water partition coefficient (Wildman–Crippen LogP) is 3.93. The first-order valence-corrected chi connectivity index (χ1v) is 7.32. The zero-order chi connectivity index (χ0) is 15.2. The van der Waals surface area contributed by atoms with E-state index in [2.05, 4.69) is 5.32 Å². The smallest absolute Gasteiger partial charge is 0.251 e. The van der Waals surface area contributed by atoms with Crippen LogP contribution in [-0.4, -0.2) is 11.9 Å². The van der Waals surface area contributed by atoms with Crippen molar-refractivity contribution in [3.05, 3.63) is 71.0 Å². The van der Waals surface area contributed by atoms with E-state index in [0.29, 0.717) is 17.9 Å². The molecule has 0 aliphatic heterocycles. The lowest BCUT2D eigenvalue weighted by Gasteiger charge is -2.14. The molecule has 0 radical (unpaired) electrons. The third-order valence-electron chi connectivity index (χ3n) is 3.18. The molecule has 1 atom stereocenters. The van der Waals surface area contributed by atoms with Crippen molar-refractivity contribution in [1.82, 2.24) is 5.32 Å². The zero-order valence-electron chi connectivity index (χ0n) is 11.8. The Hall–Kier alpha value is -1.87. The van der Waals surface area contributed by atoms with Crippen LogP contribution in [0.25, 0.3) is 0 Å². The summed E-state index contributed by atoms with van der Waals surface area (Å²) in [6, 6.07) is 13.5. The molecule has 0 aromatic heterocycles. The van der Waals surface area contributed by atoms with Crippen LogP contribution in [0.1, 0.15) is 28.4 Å². The second-order valence-corrected chi connectivity index (χ2v) is 5.31. The Morgan fingerprint density at radius 3 is 2.57 bits per heavy atom. The number of benzene rings is 2. The Balaban J connectivity index is 1.96. The first-order valence-electron chi connectivity index (χ1n) is 6.78. The summed E-state index contributed by atoms with van der Waals surface area (Å²) in [4.78, 5) is 12.2. The van der Waals surface area contributed by atoms with Gasteiger partial charge in [-0.2, -0.15) is 0 Å². The van der Waals surface area contributed by atoms with E-state index in [-0.39, 0.29) is 17.8 Å². The Labute approximate surface area is 128 Å². The predicted molar refractivity (Wildman–Crippen MR) is 83.0 cm³/mol. The van der Waals surface area contributed by atoms with E-state index in [1.165, 1.54) is 12.1 Å². The fourth-order valence-corrected chi connectivity index (χ4v) is 2.29. The van der Waals surface area contributed by atoms with Gasteiger partial charge in [-0.05, 0) is 48.7 Å². The molecule has 0 heterocycles. The molecule has 0 fully saturated rings. The van der Waals surface area contributed by atoms with Crippen molar-refractivity contribution in [2.45, 2.75) is 25.3 Å². The molecule has 21 heavy (non-hydrogen) atoms. The van der Waals surface area contributed by atoms with Gasteiger partial charge in [-0.15, -0.1) is 11.6 Å². The fraction of sp³-hybridized carbons (Fsp3) is 0.235. The highest BCUT2D eigenvalue weighted by atomic mass is 35.5. The normalized spacial score (nSPS) is 12.0. The molecule has 1 amide bonds. The Morgan fingerprint density at radius 1 is 1.19 bits per heavy atom. The maximum absolute atomic E-state index is 12.8. The molecule has 0 spiro atoms. The first-order chi connectivity index (χ1) is 10.1. The number of carbonyl (C=O) groups excluding carboxylic acids is 1. The number of hydrogen-bond donors (Lipinski definition) is 1. The van der Waals surface area contributed by atoms with Gasteiger partial charge in [0.2, 0.25) is 0 Å². The number of alkyl halides is 1. The average Bonchev–Trinajstić information content (AvgIpc) is 2.49. The van der Waals surface area contributed by atoms with Gasteiger partial charge in [0.25, 0.3) is 5.91 Å². The SMILES string of the molecule is CC(Cc1ccc(F)cc1)NC(=O)c1cccc(CCl)c1. The number of amides is 1. The Morgan fingerprint density at radius 2 is 1.90 bits per heavy atom. The quantitative estimate of drug-likeness (QED) is 0.833. The van der Waals surface area contributed by atoms with Crippen LogP contribution < -0.4 is 5.32 Å². The van der Waals surface area contributed by atoms with Gasteiger partial charge in [0.1, 0.15) is 5.82 Å². The van der Waals surface area contributed by atoms with Gasteiger partial charge in [-0.25, -0.2) is 4.39 Å². The molecule has 0 aliphatic carbocycles. The molecule has 4 heteroatoms. The molecule has 2 aromatic rings. The van der Waals surface area contributed by atoms with Gasteiger partial charge in [0, 0.05) is 17.5 Å². The summed E-state index contributed by atoms with van der Waals surface area (Å²) in [6.45, 7) is 1.92. The molecule has 0 bridgehead atoms. The summed E-state index contributed by atoms with van der Waals surface area (Å²) in [5.74, 6) is -0.00314. The van der Waals surface area contributed by atoms with Crippen LogP contribution >= 0.6 is 11.6 Å². The standard InChI is InChI=1S/C17H17ClFNO/c1-12(9-13-5-7-16(19)8-6-13)20-17(21)15-4-2-3-14(10-15)11-18/h2-8,10,12H,9,11H2,1H3,(H,20,21). The van der Waals surface area contributed by atoms with Crippen molar-refractivity contribution in [2.75, 3.05) is 0 Å². The second-order valence-electron chi connectivity index (χ2n) is 5.04. The van der Waals surface area contributed by atoms with Crippen molar-refractivity contribution < 1.29 is 9.18 Å². The Kier molecular flexibility index (Phi) is 5.34. The molecule has 2 nitrogen and oxygen atoms in total. The summed E-state index contributed by atoms with van der Waals surface area (Å²) in [5, 5.41) is 2.93. The van der Waals surface area contributed by atoms with Gasteiger partial charge in [-0.3, -0.25) is 4.79 Å². The number of hydrogen-bond acceptors (Lipinski definition) is 1. The van der Waals surface area contributed by atoms with E-state index in [4.69, 9.17) is 11.6 Å². The second kappa shape index (κ2) is 7.23. The lowest BCUT2D eigenvalue weighted by molar-refractivity contribution is 0.0940. The lowest BCUT2D eigenvalue weighted by Crippen LogP contribution is -2.34. The van der Waals surface area contributed by atoms with Gasteiger partial charge in [-0.1, -0.05) is 24.3 Å². The maximum atomic E-state index is 12.8. The summed E-state index contributed by atoms with van der Waals surface area (Å²) < 4.78 is 12.8. The van der Waals surface area contributed by atoms with Crippen molar-refractivity contribution in [3.8, 4) is 0 Å². The van der Waals surface area contributed by atoms with Crippen LogP contribution in [-0.2, 0) is 12.3 Å². The lowest BCUT2D eigenvalue weighted by atomic mass is 10.1. The van der Waals surface area contributed by atoms with Crippen LogP contribution in [0.3, 0.4) is 0 Å². The van der Waals surface area contributed by atoms with Crippen molar-refractivity contribution in [3.63, 3.8) is 0 Å². The van der Waals surface area contributed by atoms with E-state index in [9.17, 15) is 9.18 Å². The summed E-state index contributed by atoms with van der Waals surface area (Å²) >= 11 is 5.77. The van der Waals surface area contributed by atoms with Crippen molar-refractivity contribution in [1.29, 1.82) is 0 Å². The molecular formula is C17H17ClFNO. The minimum absolute atomic E-state index is 0.0392. The van der Waals surface area contributed by atoms with Crippen LogP contribution in [0.15, 0.2) is 48.5 Å². The number of rotatable bonds is 5. The van der Waals surface area contributed by atoms with Crippen LogP contribution in [0.5, 0.6) is 0 Å². The fourth-order valence-electron chi connectivity index (χ4n) is 2.13. The molecule has 0 saturated heterocycles. The van der Waals surface area contributed by atoms with Crippen molar-refractivity contribution >= 4 is 17.5 Å². The number of halogens is 2. The zero-order valence-corrected chi connectivity index (χ0v) is 12.5. The largest absolute Gasteiger partial charge is 0.349 e. The van der Waals surface area contributed by atoms with Crippen LogP contribution in [0.2, 0.25) is 0 Å². The first kappa shape index (κ1) is 15.5.